The summed E-state index contributed by atoms with van der Waals surface area (Å²) in [7, 11) is 0. The van der Waals surface area contributed by atoms with E-state index in [-0.39, 0.29) is 17.4 Å². The number of nitro groups is 1. The first-order chi connectivity index (χ1) is 14.6. The number of hydrogen-bond acceptors (Lipinski definition) is 7. The van der Waals surface area contributed by atoms with E-state index in [0.717, 1.165) is 29.1 Å². The third-order valence-electron chi connectivity index (χ3n) is 4.98. The number of anilines is 1. The van der Waals surface area contributed by atoms with Gasteiger partial charge < -0.3 is 10.1 Å². The number of hydrogen-bond donors (Lipinski definition) is 1. The largest absolute Gasteiger partial charge is 0.431 e. The van der Waals surface area contributed by atoms with Crippen molar-refractivity contribution in [2.45, 2.75) is 32.1 Å². The Morgan fingerprint density at radius 3 is 2.90 bits per heavy atom. The van der Waals surface area contributed by atoms with E-state index in [1.54, 1.807) is 12.3 Å². The minimum absolute atomic E-state index is 0.122. The Hall–Kier alpha value is -3.07. The highest BCUT2D eigenvalue weighted by Gasteiger charge is 2.25. The van der Waals surface area contributed by atoms with Gasteiger partial charge in [0.15, 0.2) is 5.75 Å². The molecule has 8 nitrogen and oxygen atoms in total. The fourth-order valence-corrected chi connectivity index (χ4v) is 3.95. The third-order valence-corrected chi connectivity index (χ3v) is 5.67. The van der Waals surface area contributed by atoms with Gasteiger partial charge in [0.1, 0.15) is 11.8 Å². The standard InChI is InChI=1S/C21H20BrN5O3/c22-16-8-9-17(18-15(16)7-4-11-23-18)30-21-19(27(28)29)20(25-13-26-21)24-12-10-14-5-2-1-3-6-14/h4-5,7-9,11,13H,1-3,6,10,12H2,(H,24,25,26). The molecule has 0 spiro atoms. The highest BCUT2D eigenvalue weighted by Crippen LogP contribution is 2.37. The van der Waals surface area contributed by atoms with Gasteiger partial charge >= 0.3 is 11.6 Å². The average Bonchev–Trinajstić information content (AvgIpc) is 2.76. The van der Waals surface area contributed by atoms with Gasteiger partial charge in [0.25, 0.3) is 0 Å². The number of nitrogens with zero attached hydrogens (tertiary/aromatic N) is 4. The summed E-state index contributed by atoms with van der Waals surface area (Å²) >= 11 is 3.48. The van der Waals surface area contributed by atoms with Crippen LogP contribution in [-0.4, -0.2) is 26.4 Å². The summed E-state index contributed by atoms with van der Waals surface area (Å²) < 4.78 is 6.70. The molecule has 0 saturated carbocycles. The quantitative estimate of drug-likeness (QED) is 0.265. The predicted octanol–water partition coefficient (Wildman–Crippen LogP) is 5.79. The molecule has 0 atom stereocenters. The average molecular weight is 470 g/mol. The summed E-state index contributed by atoms with van der Waals surface area (Å²) in [4.78, 5) is 23.7. The summed E-state index contributed by atoms with van der Waals surface area (Å²) in [5, 5.41) is 15.7. The second kappa shape index (κ2) is 9.17. The molecular weight excluding hydrogens is 450 g/mol. The van der Waals surface area contributed by atoms with E-state index < -0.39 is 4.92 Å². The van der Waals surface area contributed by atoms with E-state index in [1.165, 1.54) is 24.7 Å². The summed E-state index contributed by atoms with van der Waals surface area (Å²) in [6, 6.07) is 7.21. The second-order valence-electron chi connectivity index (χ2n) is 6.97. The number of rotatable bonds is 7. The summed E-state index contributed by atoms with van der Waals surface area (Å²) in [5.41, 5.74) is 1.68. The normalized spacial score (nSPS) is 13.7. The zero-order valence-corrected chi connectivity index (χ0v) is 17.8. The van der Waals surface area contributed by atoms with Crippen molar-refractivity contribution in [3.8, 4) is 11.6 Å². The summed E-state index contributed by atoms with van der Waals surface area (Å²) in [6.45, 7) is 0.561. The molecule has 1 N–H and O–H groups in total. The van der Waals surface area contributed by atoms with E-state index in [0.29, 0.717) is 17.8 Å². The van der Waals surface area contributed by atoms with Crippen molar-refractivity contribution in [1.29, 1.82) is 0 Å². The monoisotopic (exact) mass is 469 g/mol. The molecule has 0 aliphatic heterocycles. The molecule has 1 aliphatic rings. The Morgan fingerprint density at radius 2 is 2.10 bits per heavy atom. The molecule has 4 rings (SSSR count). The highest BCUT2D eigenvalue weighted by molar-refractivity contribution is 9.10. The lowest BCUT2D eigenvalue weighted by atomic mass is 9.97. The number of fused-ring (bicyclic) bond motifs is 1. The molecule has 2 heterocycles. The number of ether oxygens (including phenoxy) is 1. The van der Waals surface area contributed by atoms with E-state index in [4.69, 9.17) is 4.74 Å². The zero-order valence-electron chi connectivity index (χ0n) is 16.2. The van der Waals surface area contributed by atoms with Gasteiger partial charge in [-0.15, -0.1) is 0 Å². The van der Waals surface area contributed by atoms with Crippen LogP contribution in [0.3, 0.4) is 0 Å². The first-order valence-corrected chi connectivity index (χ1v) is 10.5. The highest BCUT2D eigenvalue weighted by atomic mass is 79.9. The van der Waals surface area contributed by atoms with E-state index in [9.17, 15) is 10.1 Å². The SMILES string of the molecule is O=[N+]([O-])c1c(NCCC2=CCCCC2)ncnc1Oc1ccc(Br)c2cccnc12. The topological polar surface area (TPSA) is 103 Å². The zero-order chi connectivity index (χ0) is 20.9. The van der Waals surface area contributed by atoms with Crippen molar-refractivity contribution in [3.63, 3.8) is 0 Å². The predicted molar refractivity (Wildman–Crippen MR) is 118 cm³/mol. The third kappa shape index (κ3) is 4.40. The lowest BCUT2D eigenvalue weighted by Gasteiger charge is -2.14. The number of benzene rings is 1. The number of aromatic nitrogens is 3. The molecule has 1 aromatic carbocycles. The van der Waals surface area contributed by atoms with Crippen LogP contribution >= 0.6 is 15.9 Å². The van der Waals surface area contributed by atoms with Crippen molar-refractivity contribution in [3.05, 3.63) is 63.0 Å². The first kappa shape index (κ1) is 20.2. The van der Waals surface area contributed by atoms with Gasteiger partial charge in [0.05, 0.1) is 4.92 Å². The Morgan fingerprint density at radius 1 is 1.20 bits per heavy atom. The maximum atomic E-state index is 11.8. The molecule has 154 valence electrons. The fourth-order valence-electron chi connectivity index (χ4n) is 3.50. The number of pyridine rings is 1. The van der Waals surface area contributed by atoms with Crippen LogP contribution in [0.4, 0.5) is 11.5 Å². The summed E-state index contributed by atoms with van der Waals surface area (Å²) in [5.74, 6) is 0.411. The minimum Gasteiger partial charge on any atom is -0.431 e. The summed E-state index contributed by atoms with van der Waals surface area (Å²) in [6.07, 6.45) is 10.6. The fraction of sp³-hybridized carbons (Fsp3) is 0.286. The Labute approximate surface area is 181 Å². The Bertz CT molecular complexity index is 1120. The Balaban J connectivity index is 1.60. The lowest BCUT2D eigenvalue weighted by Crippen LogP contribution is -2.09. The van der Waals surface area contributed by atoms with Gasteiger partial charge in [-0.05, 0) is 50.3 Å². The van der Waals surface area contributed by atoms with Gasteiger partial charge in [-0.1, -0.05) is 33.6 Å². The maximum absolute atomic E-state index is 11.8. The van der Waals surface area contributed by atoms with E-state index >= 15 is 0 Å². The maximum Gasteiger partial charge on any atom is 0.373 e. The Kier molecular flexibility index (Phi) is 6.18. The molecule has 0 amide bonds. The van der Waals surface area contributed by atoms with Crippen LogP contribution in [0.2, 0.25) is 0 Å². The van der Waals surface area contributed by atoms with Crippen LogP contribution in [0.15, 0.2) is 52.9 Å². The second-order valence-corrected chi connectivity index (χ2v) is 7.82. The molecule has 0 saturated heterocycles. The number of nitrogens with one attached hydrogen (secondary N) is 1. The minimum atomic E-state index is -0.522. The smallest absolute Gasteiger partial charge is 0.373 e. The van der Waals surface area contributed by atoms with Crippen molar-refractivity contribution in [2.24, 2.45) is 0 Å². The first-order valence-electron chi connectivity index (χ1n) is 9.76. The van der Waals surface area contributed by atoms with E-state index in [2.05, 4.69) is 42.3 Å². The van der Waals surface area contributed by atoms with E-state index in [1.807, 2.05) is 18.2 Å². The molecular formula is C21H20BrN5O3. The molecule has 0 fully saturated rings. The molecule has 30 heavy (non-hydrogen) atoms. The molecule has 1 aliphatic carbocycles. The van der Waals surface area contributed by atoms with Gasteiger partial charge in [0.2, 0.25) is 5.82 Å². The molecule has 0 bridgehead atoms. The molecule has 3 aromatic rings. The van der Waals surface area contributed by atoms with Crippen LogP contribution < -0.4 is 10.1 Å². The van der Waals surface area contributed by atoms with Crippen molar-refractivity contribution < 1.29 is 9.66 Å². The molecule has 2 aromatic heterocycles. The van der Waals surface area contributed by atoms with Gasteiger partial charge in [-0.25, -0.2) is 4.98 Å². The molecule has 0 radical (unpaired) electrons. The van der Waals surface area contributed by atoms with Crippen molar-refractivity contribution in [2.75, 3.05) is 11.9 Å². The number of allylic oxidation sites excluding steroid dienone is 1. The van der Waals surface area contributed by atoms with Crippen molar-refractivity contribution >= 4 is 38.3 Å². The lowest BCUT2D eigenvalue weighted by molar-refractivity contribution is -0.385. The van der Waals surface area contributed by atoms with Crippen LogP contribution in [0.25, 0.3) is 10.9 Å². The van der Waals surface area contributed by atoms with Crippen LogP contribution in [0.5, 0.6) is 11.6 Å². The van der Waals surface area contributed by atoms with Crippen LogP contribution in [0.1, 0.15) is 32.1 Å². The van der Waals surface area contributed by atoms with Crippen molar-refractivity contribution in [1.82, 2.24) is 15.0 Å². The van der Waals surface area contributed by atoms with Gasteiger partial charge in [-0.2, -0.15) is 4.98 Å². The van der Waals surface area contributed by atoms with Crippen LogP contribution in [-0.2, 0) is 0 Å². The molecule has 0 unspecified atom stereocenters. The number of halogens is 1. The molecule has 9 heteroatoms. The van der Waals surface area contributed by atoms with Gasteiger partial charge in [0, 0.05) is 22.6 Å². The van der Waals surface area contributed by atoms with Crippen LogP contribution in [0, 0.1) is 10.1 Å². The van der Waals surface area contributed by atoms with Gasteiger partial charge in [-0.3, -0.25) is 15.1 Å².